The molecule has 0 atom stereocenters. The Bertz CT molecular complexity index is 967. The Morgan fingerprint density at radius 1 is 1.34 bits per heavy atom. The zero-order chi connectivity index (χ0) is 20.9. The molecule has 6 heteroatoms. The number of anilines is 1. The van der Waals surface area contributed by atoms with Gasteiger partial charge in [0.2, 0.25) is 5.95 Å². The first kappa shape index (κ1) is 21.0. The van der Waals surface area contributed by atoms with Gasteiger partial charge in [-0.25, -0.2) is 19.4 Å². The Morgan fingerprint density at radius 2 is 2.10 bits per heavy atom. The van der Waals surface area contributed by atoms with Crippen molar-refractivity contribution in [2.75, 3.05) is 11.9 Å². The van der Waals surface area contributed by atoms with Gasteiger partial charge in [-0.3, -0.25) is 0 Å². The Labute approximate surface area is 172 Å². The lowest BCUT2D eigenvalue weighted by Crippen LogP contribution is -2.34. The summed E-state index contributed by atoms with van der Waals surface area (Å²) in [6.07, 6.45) is 11.7. The van der Waals surface area contributed by atoms with Gasteiger partial charge in [-0.05, 0) is 50.0 Å². The first-order chi connectivity index (χ1) is 14.0. The van der Waals surface area contributed by atoms with Crippen LogP contribution < -0.4 is 10.8 Å². The molecule has 2 aromatic rings. The van der Waals surface area contributed by atoms with Gasteiger partial charge in [0.05, 0.1) is 12.2 Å². The quantitative estimate of drug-likeness (QED) is 0.771. The zero-order valence-electron chi connectivity index (χ0n) is 17.6. The summed E-state index contributed by atoms with van der Waals surface area (Å²) in [5, 5.41) is 3.11. The molecular weight excluding hydrogens is 365 g/mol. The van der Waals surface area contributed by atoms with E-state index < -0.39 is 5.67 Å². The lowest BCUT2D eigenvalue weighted by Gasteiger charge is -2.29. The molecule has 0 spiro atoms. The maximum atomic E-state index is 14.8. The van der Waals surface area contributed by atoms with Crippen LogP contribution in [0.15, 0.2) is 48.4 Å². The second-order valence-electron chi connectivity index (χ2n) is 7.66. The third-order valence-corrected chi connectivity index (χ3v) is 5.51. The van der Waals surface area contributed by atoms with E-state index >= 15 is 0 Å². The molecule has 0 amide bonds. The fraction of sp³-hybridized carbons (Fsp3) is 0.435. The SMILES string of the molecule is C=CN=c1ccc(/C(=C/C)c2cnc(NCC3(F)CCCCC3)nc2C)cn1C. The average molecular weight is 396 g/mol. The maximum absolute atomic E-state index is 14.8. The molecule has 154 valence electrons. The van der Waals surface area contributed by atoms with E-state index in [1.807, 2.05) is 50.0 Å². The standard InChI is InChI=1S/C23H30FN5/c1-5-19(18-10-11-21(25-6-2)29(4)15-18)20-14-26-22(28-17(20)3)27-16-23(24)12-8-7-9-13-23/h5-6,10-11,14-15H,2,7-9,12-13,16H2,1,3-4H3,(H,26,27,28)/b19-5-,25-21?. The van der Waals surface area contributed by atoms with Crippen LogP contribution >= 0.6 is 0 Å². The van der Waals surface area contributed by atoms with Crippen LogP contribution in [-0.4, -0.2) is 26.7 Å². The molecule has 29 heavy (non-hydrogen) atoms. The summed E-state index contributed by atoms with van der Waals surface area (Å²) in [6.45, 7) is 7.88. The molecule has 1 saturated carbocycles. The average Bonchev–Trinajstić information content (AvgIpc) is 2.71. The van der Waals surface area contributed by atoms with Crippen LogP contribution in [0.4, 0.5) is 10.3 Å². The molecule has 0 bridgehead atoms. The summed E-state index contributed by atoms with van der Waals surface area (Å²) >= 11 is 0. The smallest absolute Gasteiger partial charge is 0.222 e. The molecule has 0 saturated heterocycles. The van der Waals surface area contributed by atoms with Gasteiger partial charge < -0.3 is 9.88 Å². The van der Waals surface area contributed by atoms with Crippen molar-refractivity contribution in [3.8, 4) is 0 Å². The third kappa shape index (κ3) is 5.00. The largest absolute Gasteiger partial charge is 0.351 e. The molecule has 0 unspecified atom stereocenters. The molecule has 3 rings (SSSR count). The number of alkyl halides is 1. The number of aryl methyl sites for hydroxylation is 2. The number of hydrogen-bond donors (Lipinski definition) is 1. The Balaban J connectivity index is 1.80. The molecule has 0 aromatic carbocycles. The van der Waals surface area contributed by atoms with E-state index in [0.717, 1.165) is 47.1 Å². The Hall–Kier alpha value is -2.76. The van der Waals surface area contributed by atoms with Crippen molar-refractivity contribution in [1.82, 2.24) is 14.5 Å². The highest BCUT2D eigenvalue weighted by atomic mass is 19.1. The van der Waals surface area contributed by atoms with Crippen LogP contribution in [0.2, 0.25) is 0 Å². The van der Waals surface area contributed by atoms with Crippen molar-refractivity contribution in [3.63, 3.8) is 0 Å². The summed E-state index contributed by atoms with van der Waals surface area (Å²) in [5.74, 6) is 0.481. The molecule has 1 fully saturated rings. The van der Waals surface area contributed by atoms with E-state index in [1.165, 1.54) is 6.20 Å². The number of nitrogens with one attached hydrogen (secondary N) is 1. The molecule has 1 aliphatic rings. The second-order valence-corrected chi connectivity index (χ2v) is 7.66. The summed E-state index contributed by atoms with van der Waals surface area (Å²) in [6, 6.07) is 3.98. The highest BCUT2D eigenvalue weighted by Gasteiger charge is 2.31. The van der Waals surface area contributed by atoms with Crippen LogP contribution in [0, 0.1) is 6.92 Å². The molecule has 1 N–H and O–H groups in total. The van der Waals surface area contributed by atoms with E-state index in [9.17, 15) is 4.39 Å². The predicted octanol–water partition coefficient (Wildman–Crippen LogP) is 4.70. The van der Waals surface area contributed by atoms with E-state index in [-0.39, 0.29) is 6.54 Å². The first-order valence-corrected chi connectivity index (χ1v) is 10.2. The number of allylic oxidation sites excluding steroid dienone is 1. The molecule has 0 radical (unpaired) electrons. The highest BCUT2D eigenvalue weighted by molar-refractivity contribution is 5.80. The van der Waals surface area contributed by atoms with Crippen molar-refractivity contribution in [2.24, 2.45) is 12.0 Å². The number of rotatable bonds is 6. The molecule has 5 nitrogen and oxygen atoms in total. The van der Waals surface area contributed by atoms with E-state index in [2.05, 4.69) is 32.9 Å². The first-order valence-electron chi connectivity index (χ1n) is 10.2. The summed E-state index contributed by atoms with van der Waals surface area (Å²) < 4.78 is 16.8. The van der Waals surface area contributed by atoms with Crippen LogP contribution in [0.5, 0.6) is 0 Å². The fourth-order valence-electron chi connectivity index (χ4n) is 3.88. The normalized spacial score (nSPS) is 17.2. The topological polar surface area (TPSA) is 55.1 Å². The predicted molar refractivity (Wildman–Crippen MR) is 116 cm³/mol. The van der Waals surface area contributed by atoms with Crippen molar-refractivity contribution >= 4 is 11.5 Å². The van der Waals surface area contributed by atoms with Gasteiger partial charge in [0, 0.05) is 31.2 Å². The molecule has 2 heterocycles. The van der Waals surface area contributed by atoms with Crippen LogP contribution in [0.1, 0.15) is 55.8 Å². The molecular formula is C23H30FN5. The van der Waals surface area contributed by atoms with Gasteiger partial charge in [-0.1, -0.05) is 31.9 Å². The lowest BCUT2D eigenvalue weighted by atomic mass is 9.86. The van der Waals surface area contributed by atoms with Gasteiger partial charge >= 0.3 is 0 Å². The molecule has 0 aliphatic heterocycles. The van der Waals surface area contributed by atoms with Crippen molar-refractivity contribution in [3.05, 3.63) is 65.7 Å². The van der Waals surface area contributed by atoms with Gasteiger partial charge in [-0.15, -0.1) is 0 Å². The van der Waals surface area contributed by atoms with E-state index in [1.54, 1.807) is 0 Å². The van der Waals surface area contributed by atoms with Gasteiger partial charge in [0.15, 0.2) is 0 Å². The Morgan fingerprint density at radius 3 is 2.72 bits per heavy atom. The second kappa shape index (κ2) is 9.16. The summed E-state index contributed by atoms with van der Waals surface area (Å²) in [5.41, 5.74) is 3.60. The van der Waals surface area contributed by atoms with Crippen molar-refractivity contribution < 1.29 is 4.39 Å². The Kier molecular flexibility index (Phi) is 6.62. The number of nitrogens with zero attached hydrogens (tertiary/aromatic N) is 4. The number of pyridine rings is 1. The lowest BCUT2D eigenvalue weighted by molar-refractivity contribution is 0.122. The fourth-order valence-corrected chi connectivity index (χ4v) is 3.88. The van der Waals surface area contributed by atoms with E-state index in [0.29, 0.717) is 18.8 Å². The number of hydrogen-bond acceptors (Lipinski definition) is 4. The third-order valence-electron chi connectivity index (χ3n) is 5.51. The van der Waals surface area contributed by atoms with Crippen LogP contribution in [-0.2, 0) is 7.05 Å². The van der Waals surface area contributed by atoms with Crippen LogP contribution in [0.25, 0.3) is 5.57 Å². The zero-order valence-corrected chi connectivity index (χ0v) is 17.6. The van der Waals surface area contributed by atoms with Gasteiger partial charge in [0.1, 0.15) is 11.2 Å². The van der Waals surface area contributed by atoms with Crippen molar-refractivity contribution in [1.29, 1.82) is 0 Å². The maximum Gasteiger partial charge on any atom is 0.222 e. The minimum atomic E-state index is -1.14. The van der Waals surface area contributed by atoms with Gasteiger partial charge in [-0.2, -0.15) is 0 Å². The van der Waals surface area contributed by atoms with Crippen LogP contribution in [0.3, 0.4) is 0 Å². The highest BCUT2D eigenvalue weighted by Crippen LogP contribution is 2.32. The molecule has 2 aromatic heterocycles. The molecule has 1 aliphatic carbocycles. The monoisotopic (exact) mass is 395 g/mol. The minimum Gasteiger partial charge on any atom is -0.351 e. The minimum absolute atomic E-state index is 0.270. The number of halogens is 1. The number of aromatic nitrogens is 3. The van der Waals surface area contributed by atoms with Gasteiger partial charge in [0.25, 0.3) is 0 Å². The summed E-state index contributed by atoms with van der Waals surface area (Å²) in [7, 11) is 1.95. The van der Waals surface area contributed by atoms with Crippen molar-refractivity contribution in [2.45, 2.75) is 51.6 Å². The van der Waals surface area contributed by atoms with E-state index in [4.69, 9.17) is 0 Å². The summed E-state index contributed by atoms with van der Waals surface area (Å²) in [4.78, 5) is 13.3.